The molecule has 136 valence electrons. The molecular weight excluding hydrogens is 326 g/mol. The maximum Gasteiger partial charge on any atom is 0.237 e. The van der Waals surface area contributed by atoms with Gasteiger partial charge in [0, 0.05) is 17.1 Å². The predicted octanol–water partition coefficient (Wildman–Crippen LogP) is 2.02. The van der Waals surface area contributed by atoms with E-state index in [1.165, 1.54) is 0 Å². The van der Waals surface area contributed by atoms with Crippen LogP contribution in [0.3, 0.4) is 0 Å². The smallest absolute Gasteiger partial charge is 0.237 e. The molecular formula is C21H25N3O2. The van der Waals surface area contributed by atoms with E-state index in [4.69, 9.17) is 0 Å². The van der Waals surface area contributed by atoms with E-state index >= 15 is 0 Å². The van der Waals surface area contributed by atoms with Crippen LogP contribution in [0.15, 0.2) is 60.8 Å². The van der Waals surface area contributed by atoms with Gasteiger partial charge in [-0.25, -0.2) is 0 Å². The number of hydrogen-bond acceptors (Lipinski definition) is 3. The van der Waals surface area contributed by atoms with Crippen LogP contribution in [-0.4, -0.2) is 41.7 Å². The number of H-pyrrole nitrogens is 1. The van der Waals surface area contributed by atoms with Crippen molar-refractivity contribution in [3.8, 4) is 0 Å². The van der Waals surface area contributed by atoms with E-state index in [-0.39, 0.29) is 24.6 Å². The van der Waals surface area contributed by atoms with E-state index in [9.17, 15) is 9.90 Å². The van der Waals surface area contributed by atoms with Gasteiger partial charge >= 0.3 is 0 Å². The number of likely N-dealkylation sites (N-methyl/N-ethyl adjacent to an activating group) is 1. The fourth-order valence-corrected chi connectivity index (χ4v) is 3.20. The highest BCUT2D eigenvalue weighted by atomic mass is 16.3. The van der Waals surface area contributed by atoms with Crippen molar-refractivity contribution >= 4 is 16.8 Å². The number of carbonyl (C=O) groups is 1. The van der Waals surface area contributed by atoms with Gasteiger partial charge in [0.05, 0.1) is 18.7 Å². The number of hydrogen-bond donors (Lipinski definition) is 4. The molecule has 4 N–H and O–H groups in total. The van der Waals surface area contributed by atoms with E-state index in [1.807, 2.05) is 60.8 Å². The molecule has 2 atom stereocenters. The molecule has 0 spiro atoms. The molecule has 0 saturated heterocycles. The first-order valence-electron chi connectivity index (χ1n) is 8.88. The average Bonchev–Trinajstić information content (AvgIpc) is 3.09. The average molecular weight is 351 g/mol. The van der Waals surface area contributed by atoms with Crippen LogP contribution in [0.2, 0.25) is 0 Å². The van der Waals surface area contributed by atoms with Gasteiger partial charge in [-0.05, 0) is 37.1 Å². The summed E-state index contributed by atoms with van der Waals surface area (Å²) < 4.78 is 0. The fourth-order valence-electron chi connectivity index (χ4n) is 3.20. The van der Waals surface area contributed by atoms with Crippen molar-refractivity contribution in [2.45, 2.75) is 24.9 Å². The van der Waals surface area contributed by atoms with Crippen molar-refractivity contribution in [3.63, 3.8) is 0 Å². The maximum absolute atomic E-state index is 12.6. The number of aliphatic hydroxyl groups is 1. The lowest BCUT2D eigenvalue weighted by Gasteiger charge is -2.21. The highest BCUT2D eigenvalue weighted by Gasteiger charge is 2.21. The third-order valence-corrected chi connectivity index (χ3v) is 4.66. The van der Waals surface area contributed by atoms with E-state index in [0.717, 1.165) is 22.0 Å². The van der Waals surface area contributed by atoms with Gasteiger partial charge in [-0.1, -0.05) is 48.5 Å². The molecule has 0 aliphatic carbocycles. The minimum absolute atomic E-state index is 0.102. The molecule has 0 unspecified atom stereocenters. The van der Waals surface area contributed by atoms with Gasteiger partial charge < -0.3 is 20.7 Å². The molecule has 5 nitrogen and oxygen atoms in total. The van der Waals surface area contributed by atoms with E-state index in [1.54, 1.807) is 7.05 Å². The largest absolute Gasteiger partial charge is 0.394 e. The first-order chi connectivity index (χ1) is 12.7. The number of fused-ring (bicyclic) bond motifs is 1. The van der Waals surface area contributed by atoms with Crippen LogP contribution in [0, 0.1) is 0 Å². The van der Waals surface area contributed by atoms with Crippen LogP contribution in [0.5, 0.6) is 0 Å². The number of benzene rings is 2. The molecule has 0 aliphatic rings. The number of nitrogens with one attached hydrogen (secondary N) is 3. The number of aromatic amines is 1. The molecule has 0 bridgehead atoms. The van der Waals surface area contributed by atoms with Crippen LogP contribution in [-0.2, 0) is 17.6 Å². The zero-order valence-corrected chi connectivity index (χ0v) is 14.9. The fraction of sp³-hybridized carbons (Fsp3) is 0.286. The lowest BCUT2D eigenvalue weighted by Crippen LogP contribution is -2.49. The summed E-state index contributed by atoms with van der Waals surface area (Å²) in [4.78, 5) is 15.9. The Bertz CT molecular complexity index is 845. The molecule has 1 amide bonds. The summed E-state index contributed by atoms with van der Waals surface area (Å²) in [5.41, 5.74) is 3.24. The normalized spacial score (nSPS) is 13.5. The Morgan fingerprint density at radius 1 is 1.08 bits per heavy atom. The molecule has 3 aromatic rings. The first-order valence-corrected chi connectivity index (χ1v) is 8.88. The van der Waals surface area contributed by atoms with Crippen LogP contribution in [0.25, 0.3) is 10.9 Å². The van der Waals surface area contributed by atoms with Gasteiger partial charge in [0.1, 0.15) is 0 Å². The first kappa shape index (κ1) is 18.2. The van der Waals surface area contributed by atoms with Crippen molar-refractivity contribution < 1.29 is 9.90 Å². The maximum atomic E-state index is 12.6. The van der Waals surface area contributed by atoms with Crippen LogP contribution in [0.1, 0.15) is 11.1 Å². The Balaban J connectivity index is 1.65. The number of para-hydroxylation sites is 1. The monoisotopic (exact) mass is 351 g/mol. The summed E-state index contributed by atoms with van der Waals surface area (Å²) in [6.07, 6.45) is 3.13. The Labute approximate surface area is 153 Å². The molecule has 1 aromatic heterocycles. The highest BCUT2D eigenvalue weighted by molar-refractivity contribution is 5.84. The lowest BCUT2D eigenvalue weighted by molar-refractivity contribution is -0.124. The number of aliphatic hydroxyl groups excluding tert-OH is 1. The van der Waals surface area contributed by atoms with Crippen LogP contribution in [0.4, 0.5) is 0 Å². The zero-order chi connectivity index (χ0) is 18.4. The Morgan fingerprint density at radius 2 is 1.81 bits per heavy atom. The van der Waals surface area contributed by atoms with Crippen LogP contribution < -0.4 is 10.6 Å². The quantitative estimate of drug-likeness (QED) is 0.501. The molecule has 1 heterocycles. The SMILES string of the molecule is CN[C@@H](Cc1ccccc1)C(=O)N[C@H](CO)Cc1c[nH]c2ccccc12. The van der Waals surface area contributed by atoms with Crippen molar-refractivity contribution in [2.75, 3.05) is 13.7 Å². The van der Waals surface area contributed by atoms with Crippen molar-refractivity contribution in [2.24, 2.45) is 0 Å². The second kappa shape index (κ2) is 8.65. The standard InChI is InChI=1S/C21H25N3O2/c1-22-20(11-15-7-3-2-4-8-15)21(26)24-17(14-25)12-16-13-23-19-10-6-5-9-18(16)19/h2-10,13,17,20,22-23,25H,11-12,14H2,1H3,(H,24,26)/t17-,20-/m0/s1. The second-order valence-corrected chi connectivity index (χ2v) is 6.48. The van der Waals surface area contributed by atoms with Crippen molar-refractivity contribution in [1.82, 2.24) is 15.6 Å². The van der Waals surface area contributed by atoms with Gasteiger partial charge in [0.15, 0.2) is 0 Å². The topological polar surface area (TPSA) is 77.2 Å². The Kier molecular flexibility index (Phi) is 6.04. The molecule has 0 radical (unpaired) electrons. The summed E-state index contributed by atoms with van der Waals surface area (Å²) in [7, 11) is 1.78. The van der Waals surface area contributed by atoms with E-state index in [2.05, 4.69) is 15.6 Å². The number of rotatable bonds is 8. The minimum atomic E-state index is -0.339. The van der Waals surface area contributed by atoms with Crippen molar-refractivity contribution in [3.05, 3.63) is 71.9 Å². The number of carbonyl (C=O) groups excluding carboxylic acids is 1. The molecule has 26 heavy (non-hydrogen) atoms. The molecule has 5 heteroatoms. The zero-order valence-electron chi connectivity index (χ0n) is 14.9. The predicted molar refractivity (Wildman–Crippen MR) is 104 cm³/mol. The lowest BCUT2D eigenvalue weighted by atomic mass is 10.0. The summed E-state index contributed by atoms with van der Waals surface area (Å²) in [5, 5.41) is 16.9. The highest BCUT2D eigenvalue weighted by Crippen LogP contribution is 2.19. The summed E-state index contributed by atoms with van der Waals surface area (Å²) in [6.45, 7) is -0.104. The third-order valence-electron chi connectivity index (χ3n) is 4.66. The van der Waals surface area contributed by atoms with Gasteiger partial charge in [-0.3, -0.25) is 4.79 Å². The van der Waals surface area contributed by atoms with Gasteiger partial charge in [0.2, 0.25) is 5.91 Å². The minimum Gasteiger partial charge on any atom is -0.394 e. The molecule has 0 aliphatic heterocycles. The Morgan fingerprint density at radius 3 is 2.54 bits per heavy atom. The number of aromatic nitrogens is 1. The van der Waals surface area contributed by atoms with Gasteiger partial charge in [-0.2, -0.15) is 0 Å². The molecule has 3 rings (SSSR count). The third kappa shape index (κ3) is 4.31. The Hall–Kier alpha value is -2.63. The van der Waals surface area contributed by atoms with Gasteiger partial charge in [0.25, 0.3) is 0 Å². The van der Waals surface area contributed by atoms with Crippen molar-refractivity contribution in [1.29, 1.82) is 0 Å². The molecule has 0 fully saturated rings. The summed E-state index contributed by atoms with van der Waals surface area (Å²) in [5.74, 6) is -0.102. The summed E-state index contributed by atoms with van der Waals surface area (Å²) >= 11 is 0. The second-order valence-electron chi connectivity index (χ2n) is 6.48. The molecule has 0 saturated carbocycles. The van der Waals surface area contributed by atoms with Gasteiger partial charge in [-0.15, -0.1) is 0 Å². The van der Waals surface area contributed by atoms with E-state index in [0.29, 0.717) is 12.8 Å². The van der Waals surface area contributed by atoms with E-state index < -0.39 is 0 Å². The number of amides is 1. The van der Waals surface area contributed by atoms with Crippen LogP contribution >= 0.6 is 0 Å². The summed E-state index contributed by atoms with van der Waals surface area (Å²) in [6, 6.07) is 17.3. The molecule has 2 aromatic carbocycles.